The summed E-state index contributed by atoms with van der Waals surface area (Å²) in [5, 5.41) is 12.9. The lowest BCUT2D eigenvalue weighted by atomic mass is 10.1. The van der Waals surface area contributed by atoms with Crippen molar-refractivity contribution in [2.75, 3.05) is 13.1 Å². The highest BCUT2D eigenvalue weighted by Crippen LogP contribution is 2.24. The van der Waals surface area contributed by atoms with Crippen molar-refractivity contribution in [3.05, 3.63) is 0 Å². The van der Waals surface area contributed by atoms with E-state index in [-0.39, 0.29) is 6.10 Å². The number of rotatable bonds is 4. The van der Waals surface area contributed by atoms with Crippen LogP contribution in [0, 0.1) is 5.92 Å². The molecule has 0 aromatic carbocycles. The molecule has 2 rings (SSSR count). The Kier molecular flexibility index (Phi) is 4.00. The van der Waals surface area contributed by atoms with Crippen molar-refractivity contribution in [2.45, 2.75) is 57.3 Å². The molecule has 1 saturated carbocycles. The normalized spacial score (nSPS) is 41.2. The lowest BCUT2D eigenvalue weighted by Crippen LogP contribution is -2.30. The summed E-state index contributed by atoms with van der Waals surface area (Å²) in [6, 6.07) is 0. The molecule has 15 heavy (non-hydrogen) atoms. The highest BCUT2D eigenvalue weighted by molar-refractivity contribution is 4.78. The highest BCUT2D eigenvalue weighted by atomic mass is 16.5. The van der Waals surface area contributed by atoms with E-state index < -0.39 is 0 Å². The Morgan fingerprint density at radius 1 is 1.20 bits per heavy atom. The van der Waals surface area contributed by atoms with E-state index in [2.05, 4.69) is 12.2 Å². The van der Waals surface area contributed by atoms with Crippen LogP contribution >= 0.6 is 0 Å². The van der Waals surface area contributed by atoms with Crippen molar-refractivity contribution in [3.63, 3.8) is 0 Å². The fourth-order valence-corrected chi connectivity index (χ4v) is 2.72. The fraction of sp³-hybridized carbons (Fsp3) is 1.00. The second kappa shape index (κ2) is 5.28. The Morgan fingerprint density at radius 3 is 2.67 bits per heavy atom. The van der Waals surface area contributed by atoms with Gasteiger partial charge in [-0.05, 0) is 51.5 Å². The van der Waals surface area contributed by atoms with Crippen LogP contribution in [0.1, 0.15) is 39.0 Å². The summed E-state index contributed by atoms with van der Waals surface area (Å²) in [5.41, 5.74) is 0. The molecule has 0 aromatic rings. The summed E-state index contributed by atoms with van der Waals surface area (Å²) in [5.74, 6) is 0.679. The van der Waals surface area contributed by atoms with Crippen LogP contribution in [-0.4, -0.2) is 36.5 Å². The summed E-state index contributed by atoms with van der Waals surface area (Å²) in [6.07, 6.45) is 6.38. The van der Waals surface area contributed by atoms with Crippen LogP contribution in [0.5, 0.6) is 0 Å². The lowest BCUT2D eigenvalue weighted by molar-refractivity contribution is 0.0555. The van der Waals surface area contributed by atoms with Gasteiger partial charge in [0.2, 0.25) is 0 Å². The van der Waals surface area contributed by atoms with Gasteiger partial charge in [0.05, 0.1) is 18.3 Å². The van der Waals surface area contributed by atoms with E-state index in [1.54, 1.807) is 0 Å². The van der Waals surface area contributed by atoms with Crippen LogP contribution < -0.4 is 5.32 Å². The first-order valence-corrected chi connectivity index (χ1v) is 6.28. The fourth-order valence-electron chi connectivity index (χ4n) is 2.72. The minimum atomic E-state index is -0.0421. The molecule has 1 aliphatic heterocycles. The number of ether oxygens (including phenoxy) is 1. The van der Waals surface area contributed by atoms with Gasteiger partial charge in [-0.25, -0.2) is 0 Å². The van der Waals surface area contributed by atoms with E-state index in [4.69, 9.17) is 4.74 Å². The Balaban J connectivity index is 1.55. The van der Waals surface area contributed by atoms with Crippen LogP contribution in [0.15, 0.2) is 0 Å². The van der Waals surface area contributed by atoms with Gasteiger partial charge in [-0.1, -0.05) is 0 Å². The third kappa shape index (κ3) is 3.44. The van der Waals surface area contributed by atoms with Crippen molar-refractivity contribution in [2.24, 2.45) is 5.92 Å². The smallest absolute Gasteiger partial charge is 0.0704 e. The predicted octanol–water partition coefficient (Wildman–Crippen LogP) is 1.30. The Morgan fingerprint density at radius 2 is 2.07 bits per heavy atom. The molecule has 88 valence electrons. The molecule has 2 fully saturated rings. The van der Waals surface area contributed by atoms with Gasteiger partial charge >= 0.3 is 0 Å². The van der Waals surface area contributed by atoms with Crippen molar-refractivity contribution >= 4 is 0 Å². The third-order valence-corrected chi connectivity index (χ3v) is 3.64. The average molecular weight is 213 g/mol. The van der Waals surface area contributed by atoms with Crippen LogP contribution in [0.25, 0.3) is 0 Å². The highest BCUT2D eigenvalue weighted by Gasteiger charge is 2.24. The maximum absolute atomic E-state index is 9.39. The molecule has 2 aliphatic rings. The Bertz CT molecular complexity index is 178. The van der Waals surface area contributed by atoms with Crippen molar-refractivity contribution < 1.29 is 9.84 Å². The predicted molar refractivity (Wildman–Crippen MR) is 59.8 cm³/mol. The van der Waals surface area contributed by atoms with Crippen LogP contribution in [0.3, 0.4) is 0 Å². The van der Waals surface area contributed by atoms with E-state index in [1.165, 1.54) is 19.3 Å². The zero-order valence-electron chi connectivity index (χ0n) is 9.61. The molecule has 0 bridgehead atoms. The number of hydrogen-bond acceptors (Lipinski definition) is 3. The summed E-state index contributed by atoms with van der Waals surface area (Å²) in [6.45, 7) is 4.18. The SMILES string of the molecule is CC1CCC(CNCC2CCC(O)C2)O1. The molecule has 0 radical (unpaired) electrons. The molecular formula is C12H23NO2. The molecular weight excluding hydrogens is 190 g/mol. The van der Waals surface area contributed by atoms with Crippen LogP contribution in [-0.2, 0) is 4.74 Å². The lowest BCUT2D eigenvalue weighted by Gasteiger charge is -2.15. The maximum atomic E-state index is 9.39. The Labute approximate surface area is 92.2 Å². The molecule has 1 aliphatic carbocycles. The van der Waals surface area contributed by atoms with E-state index in [1.807, 2.05) is 0 Å². The molecule has 1 heterocycles. The molecule has 1 saturated heterocycles. The summed E-state index contributed by atoms with van der Waals surface area (Å²) < 4.78 is 5.74. The van der Waals surface area contributed by atoms with Crippen molar-refractivity contribution in [3.8, 4) is 0 Å². The summed E-state index contributed by atoms with van der Waals surface area (Å²) in [4.78, 5) is 0. The van der Waals surface area contributed by atoms with Crippen molar-refractivity contribution in [1.82, 2.24) is 5.32 Å². The molecule has 0 amide bonds. The van der Waals surface area contributed by atoms with Gasteiger partial charge in [-0.3, -0.25) is 0 Å². The average Bonchev–Trinajstić information content (AvgIpc) is 2.76. The van der Waals surface area contributed by atoms with Crippen LogP contribution in [0.4, 0.5) is 0 Å². The summed E-state index contributed by atoms with van der Waals surface area (Å²) >= 11 is 0. The zero-order valence-corrected chi connectivity index (χ0v) is 9.61. The second-order valence-electron chi connectivity index (χ2n) is 5.14. The van der Waals surface area contributed by atoms with Gasteiger partial charge in [0.1, 0.15) is 0 Å². The van der Waals surface area contributed by atoms with Crippen molar-refractivity contribution in [1.29, 1.82) is 0 Å². The number of hydrogen-bond donors (Lipinski definition) is 2. The molecule has 0 spiro atoms. The van der Waals surface area contributed by atoms with Gasteiger partial charge in [0, 0.05) is 6.54 Å². The third-order valence-electron chi connectivity index (χ3n) is 3.64. The molecule has 4 atom stereocenters. The zero-order chi connectivity index (χ0) is 10.7. The molecule has 3 heteroatoms. The Hall–Kier alpha value is -0.120. The summed E-state index contributed by atoms with van der Waals surface area (Å²) in [7, 11) is 0. The molecule has 4 unspecified atom stereocenters. The standard InChI is InChI=1S/C12H23NO2/c1-9-2-5-12(15-9)8-13-7-10-3-4-11(14)6-10/h9-14H,2-8H2,1H3. The largest absolute Gasteiger partial charge is 0.393 e. The van der Waals surface area contributed by atoms with E-state index in [0.717, 1.165) is 25.9 Å². The molecule has 3 nitrogen and oxygen atoms in total. The van der Waals surface area contributed by atoms with Gasteiger partial charge in [-0.15, -0.1) is 0 Å². The first-order valence-electron chi connectivity index (χ1n) is 6.28. The van der Waals surface area contributed by atoms with Gasteiger partial charge in [0.15, 0.2) is 0 Å². The first-order chi connectivity index (χ1) is 7.24. The molecule has 0 aromatic heterocycles. The molecule has 2 N–H and O–H groups in total. The first kappa shape index (κ1) is 11.4. The van der Waals surface area contributed by atoms with Crippen LogP contribution in [0.2, 0.25) is 0 Å². The minimum absolute atomic E-state index is 0.0421. The van der Waals surface area contributed by atoms with E-state index in [0.29, 0.717) is 18.1 Å². The number of nitrogens with one attached hydrogen (secondary N) is 1. The van der Waals surface area contributed by atoms with E-state index in [9.17, 15) is 5.11 Å². The topological polar surface area (TPSA) is 41.5 Å². The number of aliphatic hydroxyl groups is 1. The van der Waals surface area contributed by atoms with Gasteiger partial charge in [0.25, 0.3) is 0 Å². The maximum Gasteiger partial charge on any atom is 0.0704 e. The second-order valence-corrected chi connectivity index (χ2v) is 5.14. The number of aliphatic hydroxyl groups excluding tert-OH is 1. The minimum Gasteiger partial charge on any atom is -0.393 e. The van der Waals surface area contributed by atoms with Gasteiger partial charge < -0.3 is 15.2 Å². The monoisotopic (exact) mass is 213 g/mol. The van der Waals surface area contributed by atoms with Gasteiger partial charge in [-0.2, -0.15) is 0 Å². The quantitative estimate of drug-likeness (QED) is 0.739. The van der Waals surface area contributed by atoms with E-state index >= 15 is 0 Å².